The second kappa shape index (κ2) is 4.94. The molecule has 0 aromatic heterocycles. The van der Waals surface area contributed by atoms with Gasteiger partial charge in [-0.1, -0.05) is 18.3 Å². The lowest BCUT2D eigenvalue weighted by Gasteiger charge is -1.86. The zero-order valence-electron chi connectivity index (χ0n) is 3.68. The van der Waals surface area contributed by atoms with Crippen LogP contribution in [0.3, 0.4) is 0 Å². The summed E-state index contributed by atoms with van der Waals surface area (Å²) in [5.41, 5.74) is 0. The minimum atomic E-state index is 0.441. The van der Waals surface area contributed by atoms with Gasteiger partial charge in [-0.05, 0) is 0 Å². The van der Waals surface area contributed by atoms with Crippen molar-refractivity contribution in [3.63, 3.8) is 0 Å². The number of hydrogen-bond donors (Lipinski definition) is 1. The van der Waals surface area contributed by atoms with Crippen molar-refractivity contribution in [3.05, 3.63) is 0 Å². The molecule has 0 spiro atoms. The molecule has 36 valence electrons. The molecule has 0 aromatic rings. The Morgan fingerprint density at radius 1 is 1.83 bits per heavy atom. The van der Waals surface area contributed by atoms with E-state index in [9.17, 15) is 0 Å². The highest BCUT2D eigenvalue weighted by Gasteiger charge is 1.81. The lowest BCUT2D eigenvalue weighted by atomic mass is 9.99. The van der Waals surface area contributed by atoms with E-state index in [2.05, 4.69) is 9.84 Å². The first kappa shape index (κ1) is 5.94. The van der Waals surface area contributed by atoms with Gasteiger partial charge in [-0.15, -0.1) is 0 Å². The normalized spacial score (nSPS) is 8.33. The van der Waals surface area contributed by atoms with Gasteiger partial charge in [-0.25, -0.2) is 5.26 Å². The first-order chi connectivity index (χ1) is 2.91. The molecule has 0 amide bonds. The molecule has 4 heteroatoms. The highest BCUT2D eigenvalue weighted by atomic mass is 17.5. The van der Waals surface area contributed by atoms with Crippen LogP contribution in [0.2, 0.25) is 6.32 Å². The lowest BCUT2D eigenvalue weighted by molar-refractivity contribution is -0.442. The largest absolute Gasteiger partial charge is 0.327 e. The fraction of sp³-hybridized carbons (Fsp3) is 1.00. The Morgan fingerprint density at radius 3 is 2.67 bits per heavy atom. The maximum absolute atomic E-state index is 7.48. The molecule has 0 aliphatic heterocycles. The van der Waals surface area contributed by atoms with Crippen molar-refractivity contribution in [1.82, 2.24) is 0 Å². The van der Waals surface area contributed by atoms with Crippen molar-refractivity contribution in [1.29, 1.82) is 0 Å². The Hall–Kier alpha value is -0.0551. The molecule has 0 rings (SSSR count). The quantitative estimate of drug-likeness (QED) is 0.233. The maximum atomic E-state index is 7.48. The van der Waals surface area contributed by atoms with E-state index in [-0.39, 0.29) is 0 Å². The summed E-state index contributed by atoms with van der Waals surface area (Å²) >= 11 is 0. The standard InChI is InChI=1S/C2H7BO3/c1-2-3-5-6-4/h3-4H,2H2,1H3. The summed E-state index contributed by atoms with van der Waals surface area (Å²) in [6, 6.07) is 0. The minimum Gasteiger partial charge on any atom is -0.280 e. The van der Waals surface area contributed by atoms with E-state index in [1.807, 2.05) is 6.92 Å². The molecule has 0 aliphatic rings. The molecular formula is C2H7BO3. The molecule has 0 fully saturated rings. The van der Waals surface area contributed by atoms with Crippen LogP contribution < -0.4 is 0 Å². The second-order valence-electron chi connectivity index (χ2n) is 0.897. The summed E-state index contributed by atoms with van der Waals surface area (Å²) in [5, 5.41) is 10.8. The van der Waals surface area contributed by atoms with Crippen molar-refractivity contribution in [3.8, 4) is 0 Å². The van der Waals surface area contributed by atoms with E-state index in [1.54, 1.807) is 0 Å². The smallest absolute Gasteiger partial charge is 0.280 e. The van der Waals surface area contributed by atoms with Gasteiger partial charge in [-0.2, -0.15) is 0 Å². The summed E-state index contributed by atoms with van der Waals surface area (Å²) < 4.78 is 0. The SMILES string of the molecule is CCBOOO. The van der Waals surface area contributed by atoms with Gasteiger partial charge < -0.3 is 0 Å². The summed E-state index contributed by atoms with van der Waals surface area (Å²) in [5.74, 6) is 0. The summed E-state index contributed by atoms with van der Waals surface area (Å²) in [6.45, 7) is 1.92. The summed E-state index contributed by atoms with van der Waals surface area (Å²) in [7, 11) is 0.441. The predicted molar refractivity (Wildman–Crippen MR) is 22.4 cm³/mol. The second-order valence-corrected chi connectivity index (χ2v) is 0.897. The monoisotopic (exact) mass is 90.0 g/mol. The van der Waals surface area contributed by atoms with Crippen molar-refractivity contribution in [2.45, 2.75) is 13.2 Å². The summed E-state index contributed by atoms with van der Waals surface area (Å²) in [4.78, 5) is 4.04. The first-order valence-electron chi connectivity index (χ1n) is 1.85. The van der Waals surface area contributed by atoms with Gasteiger partial charge in [0.25, 0.3) is 0 Å². The van der Waals surface area contributed by atoms with Gasteiger partial charge in [0, 0.05) is 0 Å². The molecule has 0 bridgehead atoms. The molecule has 6 heavy (non-hydrogen) atoms. The van der Waals surface area contributed by atoms with Crippen LogP contribution in [0.4, 0.5) is 0 Å². The molecule has 0 saturated heterocycles. The Bertz CT molecular complexity index is 20.8. The molecule has 0 aliphatic carbocycles. The molecular weight excluding hydrogens is 82.8 g/mol. The first-order valence-corrected chi connectivity index (χ1v) is 1.85. The van der Waals surface area contributed by atoms with Crippen molar-refractivity contribution in [2.24, 2.45) is 0 Å². The van der Waals surface area contributed by atoms with Crippen LogP contribution in [0.5, 0.6) is 0 Å². The van der Waals surface area contributed by atoms with E-state index in [0.717, 1.165) is 6.32 Å². The lowest BCUT2D eigenvalue weighted by Crippen LogP contribution is -1.93. The van der Waals surface area contributed by atoms with E-state index >= 15 is 0 Å². The average Bonchev–Trinajstić information content (AvgIpc) is 1.61. The Balaban J connectivity index is 2.34. The predicted octanol–water partition coefficient (Wildman–Crippen LogP) is 0.197. The van der Waals surface area contributed by atoms with E-state index < -0.39 is 0 Å². The van der Waals surface area contributed by atoms with Crippen LogP contribution in [0.15, 0.2) is 0 Å². The van der Waals surface area contributed by atoms with E-state index in [4.69, 9.17) is 5.26 Å². The average molecular weight is 89.9 g/mol. The highest BCUT2D eigenvalue weighted by molar-refractivity contribution is 6.26. The zero-order chi connectivity index (χ0) is 4.83. The van der Waals surface area contributed by atoms with Crippen molar-refractivity contribution >= 4 is 7.48 Å². The van der Waals surface area contributed by atoms with Gasteiger partial charge in [0.1, 0.15) is 0 Å². The number of rotatable bonds is 3. The zero-order valence-corrected chi connectivity index (χ0v) is 3.68. The minimum absolute atomic E-state index is 0.441. The molecule has 0 aromatic carbocycles. The molecule has 0 unspecified atom stereocenters. The van der Waals surface area contributed by atoms with E-state index in [1.165, 1.54) is 0 Å². The van der Waals surface area contributed by atoms with Crippen LogP contribution in [-0.2, 0) is 9.84 Å². The third-order valence-electron chi connectivity index (χ3n) is 0.340. The molecule has 0 radical (unpaired) electrons. The maximum Gasteiger partial charge on any atom is 0.327 e. The van der Waals surface area contributed by atoms with Gasteiger partial charge in [0.15, 0.2) is 0 Å². The van der Waals surface area contributed by atoms with Crippen LogP contribution in [0.25, 0.3) is 0 Å². The Labute approximate surface area is 37.0 Å². The third-order valence-corrected chi connectivity index (χ3v) is 0.340. The van der Waals surface area contributed by atoms with Gasteiger partial charge in [0.2, 0.25) is 0 Å². The molecule has 0 heterocycles. The molecule has 0 atom stereocenters. The van der Waals surface area contributed by atoms with Crippen molar-refractivity contribution < 1.29 is 15.1 Å². The molecule has 0 saturated carbocycles. The Kier molecular flexibility index (Phi) is 4.90. The van der Waals surface area contributed by atoms with E-state index in [0.29, 0.717) is 7.48 Å². The van der Waals surface area contributed by atoms with Crippen LogP contribution in [0.1, 0.15) is 6.92 Å². The van der Waals surface area contributed by atoms with Gasteiger partial charge in [0.05, 0.1) is 0 Å². The molecule has 1 N–H and O–H groups in total. The molecule has 3 nitrogen and oxygen atoms in total. The van der Waals surface area contributed by atoms with Crippen molar-refractivity contribution in [2.75, 3.05) is 0 Å². The van der Waals surface area contributed by atoms with Gasteiger partial charge >= 0.3 is 7.48 Å². The number of hydrogen-bond acceptors (Lipinski definition) is 3. The third kappa shape index (κ3) is 3.94. The van der Waals surface area contributed by atoms with Crippen LogP contribution in [-0.4, -0.2) is 12.7 Å². The van der Waals surface area contributed by atoms with Crippen LogP contribution in [0, 0.1) is 0 Å². The fourth-order valence-corrected chi connectivity index (χ4v) is 0.121. The van der Waals surface area contributed by atoms with Gasteiger partial charge in [-0.3, -0.25) is 4.81 Å². The Morgan fingerprint density at radius 2 is 2.50 bits per heavy atom. The summed E-state index contributed by atoms with van der Waals surface area (Å²) in [6.07, 6.45) is 0.848. The highest BCUT2D eigenvalue weighted by Crippen LogP contribution is 1.73. The topological polar surface area (TPSA) is 38.7 Å². The van der Waals surface area contributed by atoms with Crippen LogP contribution >= 0.6 is 0 Å². The fourth-order valence-electron chi connectivity index (χ4n) is 0.121.